The molecule has 1 aliphatic heterocycles. The molecular formula is C12H18N2S. The van der Waals surface area contributed by atoms with E-state index in [0.717, 1.165) is 6.42 Å². The van der Waals surface area contributed by atoms with Crippen molar-refractivity contribution in [1.29, 1.82) is 0 Å². The maximum atomic E-state index is 6.30. The van der Waals surface area contributed by atoms with Crippen LogP contribution in [0.25, 0.3) is 0 Å². The molecule has 1 aromatic heterocycles. The predicted molar refractivity (Wildman–Crippen MR) is 66.0 cm³/mol. The summed E-state index contributed by atoms with van der Waals surface area (Å²) in [7, 11) is 0. The number of thioether (sulfide) groups is 1. The summed E-state index contributed by atoms with van der Waals surface area (Å²) in [6.45, 7) is 2.30. The highest BCUT2D eigenvalue weighted by molar-refractivity contribution is 8.00. The van der Waals surface area contributed by atoms with Crippen molar-refractivity contribution in [1.82, 2.24) is 4.98 Å². The highest BCUT2D eigenvalue weighted by Crippen LogP contribution is 2.40. The van der Waals surface area contributed by atoms with E-state index in [0.29, 0.717) is 0 Å². The number of hydrogen-bond donors (Lipinski definition) is 1. The first kappa shape index (κ1) is 11.0. The smallest absolute Gasteiger partial charge is 0.0300 e. The third-order valence-electron chi connectivity index (χ3n) is 3.21. The van der Waals surface area contributed by atoms with Crippen molar-refractivity contribution in [3.8, 4) is 0 Å². The van der Waals surface area contributed by atoms with Gasteiger partial charge in [-0.05, 0) is 43.6 Å². The van der Waals surface area contributed by atoms with Crippen molar-refractivity contribution >= 4 is 11.8 Å². The van der Waals surface area contributed by atoms with E-state index < -0.39 is 0 Å². The molecule has 1 aliphatic rings. The van der Waals surface area contributed by atoms with E-state index in [-0.39, 0.29) is 10.8 Å². The molecule has 3 heteroatoms. The summed E-state index contributed by atoms with van der Waals surface area (Å²) in [6.07, 6.45) is 7.22. The Balaban J connectivity index is 2.00. The summed E-state index contributed by atoms with van der Waals surface area (Å²) in [5, 5.41) is 0. The first-order chi connectivity index (χ1) is 7.21. The van der Waals surface area contributed by atoms with Crippen molar-refractivity contribution < 1.29 is 0 Å². The Morgan fingerprint density at radius 1 is 1.67 bits per heavy atom. The number of pyridine rings is 1. The molecule has 2 heterocycles. The summed E-state index contributed by atoms with van der Waals surface area (Å²) in [6, 6.07) is 4.33. The van der Waals surface area contributed by atoms with Crippen LogP contribution < -0.4 is 5.73 Å². The van der Waals surface area contributed by atoms with Crippen molar-refractivity contribution in [2.75, 3.05) is 5.75 Å². The maximum Gasteiger partial charge on any atom is 0.0300 e. The Kier molecular flexibility index (Phi) is 3.32. The fourth-order valence-electron chi connectivity index (χ4n) is 2.08. The largest absolute Gasteiger partial charge is 0.326 e. The normalized spacial score (nSPS) is 27.9. The molecule has 2 nitrogen and oxygen atoms in total. The van der Waals surface area contributed by atoms with Gasteiger partial charge in [-0.25, -0.2) is 0 Å². The van der Waals surface area contributed by atoms with Gasteiger partial charge in [-0.1, -0.05) is 6.07 Å². The Hall–Kier alpha value is -0.540. The minimum atomic E-state index is 0.245. The highest BCUT2D eigenvalue weighted by Gasteiger charge is 2.35. The molecular weight excluding hydrogens is 204 g/mol. The lowest BCUT2D eigenvalue weighted by atomic mass is 9.92. The number of nitrogens with two attached hydrogens (primary N) is 1. The zero-order chi connectivity index (χ0) is 10.7. The Morgan fingerprint density at radius 2 is 2.53 bits per heavy atom. The van der Waals surface area contributed by atoms with Gasteiger partial charge in [0.05, 0.1) is 0 Å². The Labute approximate surface area is 95.7 Å². The quantitative estimate of drug-likeness (QED) is 0.852. The third kappa shape index (κ3) is 2.52. The van der Waals surface area contributed by atoms with Crippen molar-refractivity contribution in [2.45, 2.75) is 37.0 Å². The topological polar surface area (TPSA) is 38.9 Å². The van der Waals surface area contributed by atoms with E-state index in [1.807, 2.05) is 24.0 Å². The highest BCUT2D eigenvalue weighted by atomic mass is 32.2. The van der Waals surface area contributed by atoms with E-state index in [2.05, 4.69) is 18.0 Å². The molecule has 0 aliphatic carbocycles. The summed E-state index contributed by atoms with van der Waals surface area (Å²) < 4.78 is 0.274. The fourth-order valence-corrected chi connectivity index (χ4v) is 3.42. The van der Waals surface area contributed by atoms with Gasteiger partial charge >= 0.3 is 0 Å². The van der Waals surface area contributed by atoms with Crippen LogP contribution >= 0.6 is 11.8 Å². The molecule has 0 spiro atoms. The van der Waals surface area contributed by atoms with Gasteiger partial charge in [0.25, 0.3) is 0 Å². The average Bonchev–Trinajstić information content (AvgIpc) is 2.68. The van der Waals surface area contributed by atoms with Crippen LogP contribution in [0.1, 0.15) is 25.3 Å². The van der Waals surface area contributed by atoms with Gasteiger partial charge in [-0.2, -0.15) is 11.8 Å². The molecule has 2 N–H and O–H groups in total. The Morgan fingerprint density at radius 3 is 3.13 bits per heavy atom. The van der Waals surface area contributed by atoms with Gasteiger partial charge in [0, 0.05) is 23.2 Å². The summed E-state index contributed by atoms with van der Waals surface area (Å²) in [5.41, 5.74) is 7.55. The number of hydrogen-bond acceptors (Lipinski definition) is 3. The van der Waals surface area contributed by atoms with Gasteiger partial charge < -0.3 is 5.73 Å². The second-order valence-corrected chi connectivity index (χ2v) is 6.07. The molecule has 82 valence electrons. The summed E-state index contributed by atoms with van der Waals surface area (Å²) >= 11 is 2.03. The molecule has 2 rings (SSSR count). The molecule has 2 atom stereocenters. The van der Waals surface area contributed by atoms with E-state index >= 15 is 0 Å². The second-order valence-electron chi connectivity index (χ2n) is 4.44. The van der Waals surface area contributed by atoms with Crippen LogP contribution in [0.3, 0.4) is 0 Å². The summed E-state index contributed by atoms with van der Waals surface area (Å²) in [4.78, 5) is 4.12. The second kappa shape index (κ2) is 4.54. The molecule has 1 saturated heterocycles. The minimum Gasteiger partial charge on any atom is -0.326 e. The minimum absolute atomic E-state index is 0.245. The molecule has 2 unspecified atom stereocenters. The lowest BCUT2D eigenvalue weighted by molar-refractivity contribution is 0.482. The van der Waals surface area contributed by atoms with Crippen LogP contribution in [-0.4, -0.2) is 21.5 Å². The lowest BCUT2D eigenvalue weighted by Gasteiger charge is -2.30. The molecule has 15 heavy (non-hydrogen) atoms. The van der Waals surface area contributed by atoms with Crippen LogP contribution in [0.2, 0.25) is 0 Å². The van der Waals surface area contributed by atoms with Gasteiger partial charge in [0.2, 0.25) is 0 Å². The van der Waals surface area contributed by atoms with Crippen LogP contribution in [-0.2, 0) is 6.42 Å². The lowest BCUT2D eigenvalue weighted by Crippen LogP contribution is -2.42. The van der Waals surface area contributed by atoms with Crippen molar-refractivity contribution in [2.24, 2.45) is 5.73 Å². The molecule has 0 bridgehead atoms. The molecule has 0 aromatic carbocycles. The number of nitrogens with zero attached hydrogens (tertiary/aromatic N) is 1. The number of rotatable bonds is 3. The van der Waals surface area contributed by atoms with E-state index in [4.69, 9.17) is 5.73 Å². The monoisotopic (exact) mass is 222 g/mol. The van der Waals surface area contributed by atoms with Crippen LogP contribution in [0.15, 0.2) is 24.5 Å². The zero-order valence-electron chi connectivity index (χ0n) is 9.15. The summed E-state index contributed by atoms with van der Waals surface area (Å²) in [5.74, 6) is 1.26. The first-order valence-corrected chi connectivity index (χ1v) is 6.48. The fraction of sp³-hybridized carbons (Fsp3) is 0.583. The van der Waals surface area contributed by atoms with E-state index in [1.54, 1.807) is 6.20 Å². The SMILES string of the molecule is CC1(C(N)Cc2cccnc2)CCCS1. The van der Waals surface area contributed by atoms with Gasteiger partial charge in [0.15, 0.2) is 0 Å². The van der Waals surface area contributed by atoms with Gasteiger partial charge in [-0.3, -0.25) is 4.98 Å². The Bertz CT molecular complexity index is 307. The molecule has 0 radical (unpaired) electrons. The van der Waals surface area contributed by atoms with Crippen LogP contribution in [0, 0.1) is 0 Å². The standard InChI is InChI=1S/C12H18N2S/c1-12(5-3-7-15-12)11(13)8-10-4-2-6-14-9-10/h2,4,6,9,11H,3,5,7-8,13H2,1H3. The third-order valence-corrected chi connectivity index (χ3v) is 4.87. The van der Waals surface area contributed by atoms with Crippen molar-refractivity contribution in [3.63, 3.8) is 0 Å². The van der Waals surface area contributed by atoms with Crippen LogP contribution in [0.4, 0.5) is 0 Å². The molecule has 0 saturated carbocycles. The predicted octanol–water partition coefficient (Wildman–Crippen LogP) is 2.24. The number of aromatic nitrogens is 1. The maximum absolute atomic E-state index is 6.30. The molecule has 1 aromatic rings. The van der Waals surface area contributed by atoms with E-state index in [9.17, 15) is 0 Å². The van der Waals surface area contributed by atoms with Gasteiger partial charge in [0.1, 0.15) is 0 Å². The molecule has 0 amide bonds. The molecule has 1 fully saturated rings. The zero-order valence-corrected chi connectivity index (χ0v) is 9.96. The van der Waals surface area contributed by atoms with Crippen LogP contribution in [0.5, 0.6) is 0 Å². The first-order valence-electron chi connectivity index (χ1n) is 5.49. The van der Waals surface area contributed by atoms with Gasteiger partial charge in [-0.15, -0.1) is 0 Å². The van der Waals surface area contributed by atoms with Crippen molar-refractivity contribution in [3.05, 3.63) is 30.1 Å². The average molecular weight is 222 g/mol. The van der Waals surface area contributed by atoms with E-state index in [1.165, 1.54) is 24.2 Å².